The molecule has 3 aromatic carbocycles. The molecule has 0 radical (unpaired) electrons. The minimum absolute atomic E-state index is 0.434. The van der Waals surface area contributed by atoms with Crippen LogP contribution in [-0.4, -0.2) is 32.0 Å². The van der Waals surface area contributed by atoms with E-state index in [1.807, 2.05) is 0 Å². The molecule has 1 heterocycles. The summed E-state index contributed by atoms with van der Waals surface area (Å²) in [7, 11) is 0. The van der Waals surface area contributed by atoms with Crippen LogP contribution in [-0.2, 0) is 47.6 Å². The van der Waals surface area contributed by atoms with Crippen molar-refractivity contribution in [3.05, 3.63) is 157 Å². The number of ether oxygens (including phenoxy) is 3. The van der Waals surface area contributed by atoms with Crippen LogP contribution in [0.3, 0.4) is 0 Å². The largest absolute Gasteiger partial charge is 0.422 e. The fourth-order valence-electron chi connectivity index (χ4n) is 7.91. The first-order valence-corrected chi connectivity index (χ1v) is 20.1. The quantitative estimate of drug-likeness (QED) is 0.100. The SMILES string of the molecule is C=C(C)c1cccc(C(C)(C)C(C)(OC(N)=O)n2c(=O)n(C(C)(OC(N)=O)C(C)(C)c3cccc(C(=C)C)c3)c(=O)n(C(C)(OC(N)=O)C(C)(C)c3cccc(C(=C)C)c3)c2=O)c1. The van der Waals surface area contributed by atoms with E-state index in [0.717, 1.165) is 0 Å². The summed E-state index contributed by atoms with van der Waals surface area (Å²) in [4.78, 5) is 86.8. The molecule has 15 heteroatoms. The number of amides is 3. The normalized spacial score (nSPS) is 14.9. The van der Waals surface area contributed by atoms with Crippen molar-refractivity contribution in [2.24, 2.45) is 17.2 Å². The van der Waals surface area contributed by atoms with Gasteiger partial charge in [-0.25, -0.2) is 42.5 Å². The van der Waals surface area contributed by atoms with Gasteiger partial charge < -0.3 is 31.4 Å². The van der Waals surface area contributed by atoms with Gasteiger partial charge in [-0.15, -0.1) is 0 Å². The Balaban J connectivity index is 2.44. The second kappa shape index (κ2) is 16.8. The number of hydrogen-bond acceptors (Lipinski definition) is 9. The molecular weight excluding hydrogens is 805 g/mol. The summed E-state index contributed by atoms with van der Waals surface area (Å²) in [6.45, 7) is 30.9. The van der Waals surface area contributed by atoms with E-state index in [1.54, 1.807) is 135 Å². The zero-order valence-electron chi connectivity index (χ0n) is 38.3. The molecule has 6 N–H and O–H groups in total. The third-order valence-corrected chi connectivity index (χ3v) is 13.0. The highest BCUT2D eigenvalue weighted by Crippen LogP contribution is 2.45. The number of hydrogen-bond donors (Lipinski definition) is 3. The van der Waals surface area contributed by atoms with Crippen LogP contribution >= 0.6 is 0 Å². The molecule has 0 bridgehead atoms. The fraction of sp³-hybridized carbons (Fsp3) is 0.375. The van der Waals surface area contributed by atoms with Crippen molar-refractivity contribution in [1.82, 2.24) is 13.7 Å². The molecule has 4 rings (SSSR count). The number of carbonyl (C=O) groups is 3. The first-order chi connectivity index (χ1) is 28.8. The van der Waals surface area contributed by atoms with Gasteiger partial charge >= 0.3 is 35.3 Å². The summed E-state index contributed by atoms with van der Waals surface area (Å²) >= 11 is 0. The number of aromatic nitrogens is 3. The summed E-state index contributed by atoms with van der Waals surface area (Å²) in [5, 5.41) is 0. The Kier molecular flexibility index (Phi) is 13.0. The van der Waals surface area contributed by atoms with Crippen LogP contribution in [0.15, 0.2) is 107 Å². The monoisotopic (exact) mass is 864 g/mol. The van der Waals surface area contributed by atoms with Gasteiger partial charge in [-0.2, -0.15) is 0 Å². The molecule has 15 nitrogen and oxygen atoms in total. The van der Waals surface area contributed by atoms with E-state index in [9.17, 15) is 14.4 Å². The molecule has 0 saturated carbocycles. The summed E-state index contributed by atoms with van der Waals surface area (Å²) in [5.74, 6) is 0. The van der Waals surface area contributed by atoms with E-state index in [4.69, 9.17) is 31.4 Å². The smallest absolute Gasteiger partial charge is 0.406 e. The molecule has 0 saturated heterocycles. The van der Waals surface area contributed by atoms with Crippen molar-refractivity contribution in [3.63, 3.8) is 0 Å². The molecule has 0 aliphatic rings. The highest BCUT2D eigenvalue weighted by atomic mass is 16.6. The summed E-state index contributed by atoms with van der Waals surface area (Å²) in [5.41, 5.74) is 6.34. The number of primary amides is 3. The molecule has 63 heavy (non-hydrogen) atoms. The van der Waals surface area contributed by atoms with E-state index >= 15 is 14.4 Å². The molecule has 1 aromatic heterocycles. The third-order valence-electron chi connectivity index (χ3n) is 13.0. The third kappa shape index (κ3) is 8.27. The Bertz CT molecular complexity index is 2410. The van der Waals surface area contributed by atoms with Gasteiger partial charge in [0.2, 0.25) is 17.2 Å². The Morgan fingerprint density at radius 3 is 0.825 bits per heavy atom. The van der Waals surface area contributed by atoms with E-state index in [1.165, 1.54) is 20.8 Å². The van der Waals surface area contributed by atoms with Crippen molar-refractivity contribution < 1.29 is 28.6 Å². The lowest BCUT2D eigenvalue weighted by molar-refractivity contribution is -0.132. The lowest BCUT2D eigenvalue weighted by atomic mass is 9.73. The van der Waals surface area contributed by atoms with Gasteiger partial charge in [0.15, 0.2) is 0 Å². The zero-order valence-corrected chi connectivity index (χ0v) is 38.3. The number of benzene rings is 3. The minimum atomic E-state index is -2.45. The summed E-state index contributed by atoms with van der Waals surface area (Å²) < 4.78 is 19.4. The molecule has 336 valence electrons. The lowest BCUT2D eigenvalue weighted by Crippen LogP contribution is -2.73. The van der Waals surface area contributed by atoms with Crippen LogP contribution in [0.5, 0.6) is 0 Å². The van der Waals surface area contributed by atoms with Crippen molar-refractivity contribution >= 4 is 35.0 Å². The van der Waals surface area contributed by atoms with E-state index in [2.05, 4.69) is 19.7 Å². The predicted molar refractivity (Wildman–Crippen MR) is 245 cm³/mol. The maximum atomic E-state index is 15.8. The number of nitrogens with two attached hydrogens (primary N) is 3. The Hall–Kier alpha value is -6.90. The molecule has 4 aromatic rings. The van der Waals surface area contributed by atoms with Crippen LogP contribution in [0.4, 0.5) is 14.4 Å². The molecule has 0 aliphatic carbocycles. The van der Waals surface area contributed by atoms with Gasteiger partial charge in [-0.3, -0.25) is 0 Å². The molecule has 0 fully saturated rings. The molecule has 3 amide bonds. The van der Waals surface area contributed by atoms with E-state index in [0.29, 0.717) is 63.8 Å². The maximum absolute atomic E-state index is 15.8. The number of nitrogens with zero attached hydrogens (tertiary/aromatic N) is 3. The maximum Gasteiger partial charge on any atom is 0.406 e. The molecular formula is C48H60N6O9. The van der Waals surface area contributed by atoms with Crippen LogP contribution in [0.1, 0.15) is 116 Å². The van der Waals surface area contributed by atoms with Crippen LogP contribution in [0, 0.1) is 0 Å². The first-order valence-electron chi connectivity index (χ1n) is 20.1. The average Bonchev–Trinajstić information content (AvgIpc) is 3.16. The molecule has 3 atom stereocenters. The first kappa shape index (κ1) is 48.8. The molecule has 0 spiro atoms. The van der Waals surface area contributed by atoms with Crippen molar-refractivity contribution in [2.45, 2.75) is 117 Å². The Labute approximate surface area is 367 Å². The van der Waals surface area contributed by atoms with Gasteiger partial charge in [0.1, 0.15) is 0 Å². The number of carbonyl (C=O) groups excluding carboxylic acids is 3. The van der Waals surface area contributed by atoms with Crippen molar-refractivity contribution in [2.75, 3.05) is 0 Å². The second-order valence-electron chi connectivity index (χ2n) is 18.0. The Morgan fingerprint density at radius 1 is 0.444 bits per heavy atom. The minimum Gasteiger partial charge on any atom is -0.422 e. The van der Waals surface area contributed by atoms with Crippen molar-refractivity contribution in [1.29, 1.82) is 0 Å². The van der Waals surface area contributed by atoms with Crippen LogP contribution in [0.25, 0.3) is 16.7 Å². The van der Waals surface area contributed by atoms with Crippen molar-refractivity contribution in [3.8, 4) is 0 Å². The van der Waals surface area contributed by atoms with Gasteiger partial charge in [-0.1, -0.05) is 151 Å². The zero-order chi connectivity index (χ0) is 48.0. The Morgan fingerprint density at radius 2 is 0.651 bits per heavy atom. The average molecular weight is 865 g/mol. The van der Waals surface area contributed by atoms with E-state index in [-0.39, 0.29) is 0 Å². The van der Waals surface area contributed by atoms with Gasteiger partial charge in [0.25, 0.3) is 0 Å². The summed E-state index contributed by atoms with van der Waals surface area (Å²) in [6, 6.07) is 20.8. The highest BCUT2D eigenvalue weighted by Gasteiger charge is 2.57. The van der Waals surface area contributed by atoms with Gasteiger partial charge in [0, 0.05) is 16.2 Å². The van der Waals surface area contributed by atoms with E-state index < -0.39 is 68.8 Å². The lowest BCUT2D eigenvalue weighted by Gasteiger charge is -2.48. The molecule has 3 unspecified atom stereocenters. The molecule has 0 aliphatic heterocycles. The predicted octanol–water partition coefficient (Wildman–Crippen LogP) is 7.51. The number of rotatable bonds is 15. The topological polar surface area (TPSA) is 223 Å². The van der Waals surface area contributed by atoms with Crippen LogP contribution in [0.2, 0.25) is 0 Å². The highest BCUT2D eigenvalue weighted by molar-refractivity contribution is 5.67. The second-order valence-corrected chi connectivity index (χ2v) is 18.0. The van der Waals surface area contributed by atoms with Gasteiger partial charge in [-0.05, 0) is 74.9 Å². The standard InChI is InChI=1S/C48H60N6O9/c1-28(2)31-19-16-22-34(25-31)43(7,8)46(13,61-37(49)55)52-40(58)53(47(14,62-38(50)56)44(9,10)35-23-17-20-32(26-35)29(3)4)42(60)54(41(52)59)48(15,63-39(51)57)45(11,12)36-24-18-21-33(27-36)30(5)6/h16-27H,1,3,5H2,2,4,6-15H3,(H2,49,55)(H2,50,56)(H2,51,57). The number of allylic oxidation sites excluding steroid dienone is 3. The van der Waals surface area contributed by atoms with Crippen LogP contribution < -0.4 is 34.3 Å². The fourth-order valence-corrected chi connectivity index (χ4v) is 7.91. The van der Waals surface area contributed by atoms with Gasteiger partial charge in [0.05, 0.1) is 0 Å². The summed E-state index contributed by atoms with van der Waals surface area (Å²) in [6.07, 6.45) is -4.21.